The maximum absolute atomic E-state index is 14.0. The van der Waals surface area contributed by atoms with Gasteiger partial charge in [0.1, 0.15) is 11.4 Å². The number of fused-ring (bicyclic) bond motifs is 3. The molecular formula is C27H20FNO7. The Balaban J connectivity index is 1.53. The minimum Gasteiger partial charge on any atom is -0.493 e. The number of hydrogen-bond donors (Lipinski definition) is 0. The summed E-state index contributed by atoms with van der Waals surface area (Å²) in [6.07, 6.45) is 0. The molecule has 2 aliphatic heterocycles. The molecule has 0 spiro atoms. The van der Waals surface area contributed by atoms with Crippen molar-refractivity contribution >= 4 is 16.9 Å². The molecule has 182 valence electrons. The molecule has 3 heterocycles. The minimum absolute atomic E-state index is 0.0666. The first-order chi connectivity index (χ1) is 17.5. The molecule has 0 N–H and O–H groups in total. The molecule has 1 atom stereocenters. The van der Waals surface area contributed by atoms with Crippen LogP contribution in [-0.4, -0.2) is 31.8 Å². The summed E-state index contributed by atoms with van der Waals surface area (Å²) in [6.45, 7) is 0.283. The number of methoxy groups -OCH3 is 2. The van der Waals surface area contributed by atoms with E-state index in [2.05, 4.69) is 0 Å². The zero-order chi connectivity index (χ0) is 25.0. The van der Waals surface area contributed by atoms with Gasteiger partial charge in [-0.1, -0.05) is 12.1 Å². The van der Waals surface area contributed by atoms with Crippen LogP contribution in [0.15, 0.2) is 63.8 Å². The van der Waals surface area contributed by atoms with Gasteiger partial charge in [0, 0.05) is 6.54 Å². The van der Waals surface area contributed by atoms with Crippen molar-refractivity contribution in [1.82, 2.24) is 4.90 Å². The average Bonchev–Trinajstić information content (AvgIpc) is 3.47. The third kappa shape index (κ3) is 3.35. The summed E-state index contributed by atoms with van der Waals surface area (Å²) in [5.74, 6) is 1.05. The molecule has 0 unspecified atom stereocenters. The standard InChI is InChI=1S/C27H20FNO7/c1-32-19-7-4-15(10-21(19)33-2)24-23-25(30)17-11-16(28)5-8-18(17)36-26(23)27(31)29(24)12-14-3-6-20-22(9-14)35-13-34-20/h3-11,24H,12-13H2,1-2H3/t24-/m1/s1. The van der Waals surface area contributed by atoms with E-state index in [1.165, 1.54) is 26.4 Å². The lowest BCUT2D eigenvalue weighted by Crippen LogP contribution is -2.29. The molecule has 0 bridgehead atoms. The first kappa shape index (κ1) is 22.0. The number of nitrogens with zero attached hydrogens (tertiary/aromatic N) is 1. The van der Waals surface area contributed by atoms with E-state index in [-0.39, 0.29) is 35.6 Å². The Morgan fingerprint density at radius 2 is 1.75 bits per heavy atom. The molecule has 0 aliphatic carbocycles. The maximum Gasteiger partial charge on any atom is 0.291 e. The van der Waals surface area contributed by atoms with Gasteiger partial charge in [0.2, 0.25) is 12.6 Å². The van der Waals surface area contributed by atoms with Crippen LogP contribution in [0.25, 0.3) is 11.0 Å². The van der Waals surface area contributed by atoms with E-state index in [1.54, 1.807) is 35.2 Å². The smallest absolute Gasteiger partial charge is 0.291 e. The lowest BCUT2D eigenvalue weighted by Gasteiger charge is -2.26. The fourth-order valence-corrected chi connectivity index (χ4v) is 4.76. The Hall–Kier alpha value is -4.53. The largest absolute Gasteiger partial charge is 0.493 e. The lowest BCUT2D eigenvalue weighted by atomic mass is 9.97. The van der Waals surface area contributed by atoms with Crippen LogP contribution in [0.5, 0.6) is 23.0 Å². The predicted molar refractivity (Wildman–Crippen MR) is 126 cm³/mol. The molecule has 8 nitrogen and oxygen atoms in total. The van der Waals surface area contributed by atoms with Crippen LogP contribution < -0.4 is 24.4 Å². The Bertz CT molecular complexity index is 1600. The first-order valence-electron chi connectivity index (χ1n) is 11.2. The fourth-order valence-electron chi connectivity index (χ4n) is 4.76. The SMILES string of the molecule is COc1ccc([C@@H]2c3c(oc4ccc(F)cc4c3=O)C(=O)N2Cc2ccc3c(c2)OCO3)cc1OC. The van der Waals surface area contributed by atoms with E-state index in [1.807, 2.05) is 6.07 Å². The molecule has 6 rings (SSSR count). The number of carbonyl (C=O) groups excluding carboxylic acids is 1. The molecule has 36 heavy (non-hydrogen) atoms. The quantitative estimate of drug-likeness (QED) is 0.410. The summed E-state index contributed by atoms with van der Waals surface area (Å²) in [5.41, 5.74) is 1.21. The Morgan fingerprint density at radius 1 is 0.944 bits per heavy atom. The molecule has 0 saturated heterocycles. The molecule has 0 fully saturated rings. The van der Waals surface area contributed by atoms with Crippen molar-refractivity contribution < 1.29 is 32.5 Å². The second-order valence-corrected chi connectivity index (χ2v) is 8.45. The van der Waals surface area contributed by atoms with E-state index >= 15 is 0 Å². The van der Waals surface area contributed by atoms with Crippen molar-refractivity contribution in [2.24, 2.45) is 0 Å². The third-order valence-electron chi connectivity index (χ3n) is 6.44. The van der Waals surface area contributed by atoms with Gasteiger partial charge < -0.3 is 28.3 Å². The first-order valence-corrected chi connectivity index (χ1v) is 11.2. The monoisotopic (exact) mass is 489 g/mol. The van der Waals surface area contributed by atoms with E-state index < -0.39 is 23.2 Å². The summed E-state index contributed by atoms with van der Waals surface area (Å²) in [5, 5.41) is 0.0666. The Morgan fingerprint density at radius 3 is 2.56 bits per heavy atom. The summed E-state index contributed by atoms with van der Waals surface area (Å²) in [4.78, 5) is 28.8. The van der Waals surface area contributed by atoms with Gasteiger partial charge >= 0.3 is 0 Å². The van der Waals surface area contributed by atoms with Crippen LogP contribution in [0, 0.1) is 5.82 Å². The number of benzene rings is 3. The van der Waals surface area contributed by atoms with Crippen molar-refractivity contribution in [2.75, 3.05) is 21.0 Å². The zero-order valence-corrected chi connectivity index (χ0v) is 19.4. The second kappa shape index (κ2) is 8.30. The minimum atomic E-state index is -0.804. The van der Waals surface area contributed by atoms with E-state index in [9.17, 15) is 14.0 Å². The molecule has 4 aromatic rings. The van der Waals surface area contributed by atoms with Gasteiger partial charge in [0.05, 0.1) is 31.2 Å². The normalized spacial score (nSPS) is 15.9. The zero-order valence-electron chi connectivity index (χ0n) is 19.4. The Labute approximate surface area is 204 Å². The van der Waals surface area contributed by atoms with Crippen molar-refractivity contribution in [3.05, 3.63) is 93.1 Å². The van der Waals surface area contributed by atoms with Gasteiger partial charge in [-0.05, 0) is 53.6 Å². The summed E-state index contributed by atoms with van der Waals surface area (Å²) in [6, 6.07) is 13.4. The van der Waals surface area contributed by atoms with Gasteiger partial charge in [-0.2, -0.15) is 0 Å². The summed E-state index contributed by atoms with van der Waals surface area (Å²) >= 11 is 0. The number of amides is 1. The highest BCUT2D eigenvalue weighted by atomic mass is 19.1. The number of ether oxygens (including phenoxy) is 4. The van der Waals surface area contributed by atoms with Crippen molar-refractivity contribution in [3.63, 3.8) is 0 Å². The molecule has 2 aliphatic rings. The van der Waals surface area contributed by atoms with Crippen LogP contribution in [0.1, 0.15) is 33.3 Å². The molecule has 3 aromatic carbocycles. The highest BCUT2D eigenvalue weighted by Crippen LogP contribution is 2.42. The number of carbonyl (C=O) groups is 1. The van der Waals surface area contributed by atoms with Crippen LogP contribution in [0.3, 0.4) is 0 Å². The van der Waals surface area contributed by atoms with E-state index in [0.29, 0.717) is 28.6 Å². The van der Waals surface area contributed by atoms with Gasteiger partial charge in [-0.25, -0.2) is 4.39 Å². The van der Waals surface area contributed by atoms with Crippen molar-refractivity contribution in [3.8, 4) is 23.0 Å². The molecular weight excluding hydrogens is 469 g/mol. The van der Waals surface area contributed by atoms with Crippen molar-refractivity contribution in [1.29, 1.82) is 0 Å². The number of hydrogen-bond acceptors (Lipinski definition) is 7. The highest BCUT2D eigenvalue weighted by Gasteiger charge is 2.43. The second-order valence-electron chi connectivity index (χ2n) is 8.45. The Kier molecular flexibility index (Phi) is 5.06. The lowest BCUT2D eigenvalue weighted by molar-refractivity contribution is 0.0714. The number of halogens is 1. The van der Waals surface area contributed by atoms with Crippen molar-refractivity contribution in [2.45, 2.75) is 12.6 Å². The van der Waals surface area contributed by atoms with Gasteiger partial charge in [-0.3, -0.25) is 9.59 Å². The topological polar surface area (TPSA) is 87.4 Å². The average molecular weight is 489 g/mol. The van der Waals surface area contributed by atoms with Crippen LogP contribution >= 0.6 is 0 Å². The summed E-state index contributed by atoms with van der Waals surface area (Å²) in [7, 11) is 3.03. The third-order valence-corrected chi connectivity index (χ3v) is 6.44. The van der Waals surface area contributed by atoms with E-state index in [4.69, 9.17) is 23.4 Å². The molecule has 1 amide bonds. The van der Waals surface area contributed by atoms with Gasteiger partial charge in [0.15, 0.2) is 28.4 Å². The van der Waals surface area contributed by atoms with Gasteiger partial charge in [-0.15, -0.1) is 0 Å². The van der Waals surface area contributed by atoms with Gasteiger partial charge in [0.25, 0.3) is 5.91 Å². The fraction of sp³-hybridized carbons (Fsp3) is 0.185. The molecule has 9 heteroatoms. The highest BCUT2D eigenvalue weighted by molar-refractivity contribution is 5.99. The van der Waals surface area contributed by atoms with E-state index in [0.717, 1.165) is 11.6 Å². The molecule has 0 radical (unpaired) electrons. The van der Waals surface area contributed by atoms with Crippen LogP contribution in [-0.2, 0) is 6.54 Å². The summed E-state index contributed by atoms with van der Waals surface area (Å²) < 4.78 is 41.6. The van der Waals surface area contributed by atoms with Crippen LogP contribution in [0.4, 0.5) is 4.39 Å². The predicted octanol–water partition coefficient (Wildman–Crippen LogP) is 4.42. The number of rotatable bonds is 5. The molecule has 0 saturated carbocycles. The van der Waals surface area contributed by atoms with Crippen LogP contribution in [0.2, 0.25) is 0 Å². The molecule has 1 aromatic heterocycles. The maximum atomic E-state index is 14.0.